The summed E-state index contributed by atoms with van der Waals surface area (Å²) in [6, 6.07) is 0.644. The fraction of sp³-hybridized carbons (Fsp3) is 0.812. The van der Waals surface area contributed by atoms with Gasteiger partial charge in [0.1, 0.15) is 0 Å². The molecule has 2 rings (SSSR count). The Balaban J connectivity index is 1.73. The molecule has 0 radical (unpaired) electrons. The summed E-state index contributed by atoms with van der Waals surface area (Å²) in [6.07, 6.45) is 6.18. The maximum Gasteiger partial charge on any atom is 0.0981 e. The molecule has 1 N–H and O–H groups in total. The molecule has 2 heterocycles. The summed E-state index contributed by atoms with van der Waals surface area (Å²) in [5, 5.41) is 4.83. The normalized spacial score (nSPS) is 19.2. The average molecular weight is 295 g/mol. The molecular formula is C16H29N3S. The zero-order chi connectivity index (χ0) is 14.6. The molecule has 1 aromatic rings. The number of thiazole rings is 1. The molecule has 1 atom stereocenters. The molecule has 0 aliphatic carbocycles. The first-order valence-corrected chi connectivity index (χ1v) is 8.68. The Kier molecular flexibility index (Phi) is 5.58. The summed E-state index contributed by atoms with van der Waals surface area (Å²) in [5.41, 5.74) is 0.171. The summed E-state index contributed by atoms with van der Waals surface area (Å²) in [6.45, 7) is 13.6. The van der Waals surface area contributed by atoms with Crippen molar-refractivity contribution in [3.05, 3.63) is 16.1 Å². The van der Waals surface area contributed by atoms with Crippen molar-refractivity contribution < 1.29 is 0 Å². The maximum atomic E-state index is 4.54. The second kappa shape index (κ2) is 7.01. The van der Waals surface area contributed by atoms with Gasteiger partial charge in [0.25, 0.3) is 0 Å². The summed E-state index contributed by atoms with van der Waals surface area (Å²) in [7, 11) is 0. The quantitative estimate of drug-likeness (QED) is 0.902. The van der Waals surface area contributed by atoms with Crippen molar-refractivity contribution in [3.63, 3.8) is 0 Å². The maximum absolute atomic E-state index is 4.54. The Morgan fingerprint density at radius 1 is 1.30 bits per heavy atom. The van der Waals surface area contributed by atoms with E-state index in [0.717, 1.165) is 13.1 Å². The van der Waals surface area contributed by atoms with Crippen LogP contribution >= 0.6 is 11.3 Å². The summed E-state index contributed by atoms with van der Waals surface area (Å²) >= 11 is 1.84. The first-order chi connectivity index (χ1) is 9.47. The number of rotatable bonds is 5. The SMILES string of the molecule is CC(CNCc1cnc(C(C)(C)C)s1)N1CCCCC1. The lowest BCUT2D eigenvalue weighted by atomic mass is 9.98. The van der Waals surface area contributed by atoms with E-state index in [1.54, 1.807) is 0 Å². The van der Waals surface area contributed by atoms with Crippen molar-refractivity contribution in [2.75, 3.05) is 19.6 Å². The van der Waals surface area contributed by atoms with Gasteiger partial charge in [0.2, 0.25) is 0 Å². The molecule has 0 spiro atoms. The number of aromatic nitrogens is 1. The van der Waals surface area contributed by atoms with Crippen molar-refractivity contribution >= 4 is 11.3 Å². The highest BCUT2D eigenvalue weighted by Gasteiger charge is 2.18. The fourth-order valence-corrected chi connectivity index (χ4v) is 3.57. The van der Waals surface area contributed by atoms with Gasteiger partial charge in [-0.1, -0.05) is 27.2 Å². The van der Waals surface area contributed by atoms with Crippen LogP contribution in [0.1, 0.15) is 56.8 Å². The largest absolute Gasteiger partial charge is 0.310 e. The van der Waals surface area contributed by atoms with Gasteiger partial charge in [0.15, 0.2) is 0 Å². The molecule has 20 heavy (non-hydrogen) atoms. The number of piperidine rings is 1. The highest BCUT2D eigenvalue weighted by atomic mass is 32.1. The lowest BCUT2D eigenvalue weighted by Crippen LogP contribution is -2.42. The molecule has 0 saturated carbocycles. The standard InChI is InChI=1S/C16H29N3S/c1-13(19-8-6-5-7-9-19)10-17-11-14-12-18-15(20-14)16(2,3)4/h12-13,17H,5-11H2,1-4H3. The molecule has 114 valence electrons. The van der Waals surface area contributed by atoms with E-state index in [-0.39, 0.29) is 5.41 Å². The third kappa shape index (κ3) is 4.54. The molecule has 4 heteroatoms. The van der Waals surface area contributed by atoms with Crippen LogP contribution < -0.4 is 5.32 Å². The highest BCUT2D eigenvalue weighted by Crippen LogP contribution is 2.26. The number of hydrogen-bond donors (Lipinski definition) is 1. The summed E-state index contributed by atoms with van der Waals surface area (Å²) < 4.78 is 0. The van der Waals surface area contributed by atoms with E-state index < -0.39 is 0 Å². The van der Waals surface area contributed by atoms with Crippen LogP contribution in [0.15, 0.2) is 6.20 Å². The van der Waals surface area contributed by atoms with Crippen molar-refractivity contribution in [2.45, 2.75) is 65.0 Å². The average Bonchev–Trinajstić information content (AvgIpc) is 2.88. The van der Waals surface area contributed by atoms with Crippen LogP contribution in [0.4, 0.5) is 0 Å². The summed E-state index contributed by atoms with van der Waals surface area (Å²) in [5.74, 6) is 0. The zero-order valence-electron chi connectivity index (χ0n) is 13.4. The van der Waals surface area contributed by atoms with Crippen molar-refractivity contribution in [3.8, 4) is 0 Å². The second-order valence-electron chi connectivity index (χ2n) is 6.96. The molecule has 3 nitrogen and oxygen atoms in total. The van der Waals surface area contributed by atoms with Gasteiger partial charge in [-0.25, -0.2) is 4.98 Å². The molecular weight excluding hydrogens is 266 g/mol. The topological polar surface area (TPSA) is 28.2 Å². The van der Waals surface area contributed by atoms with Crippen LogP contribution in [0.2, 0.25) is 0 Å². The third-order valence-electron chi connectivity index (χ3n) is 3.95. The fourth-order valence-electron chi connectivity index (χ4n) is 2.63. The Morgan fingerprint density at radius 3 is 2.60 bits per heavy atom. The molecule has 1 unspecified atom stereocenters. The smallest absolute Gasteiger partial charge is 0.0981 e. The minimum Gasteiger partial charge on any atom is -0.310 e. The van der Waals surface area contributed by atoms with Crippen LogP contribution in [0.25, 0.3) is 0 Å². The Hall–Kier alpha value is -0.450. The zero-order valence-corrected chi connectivity index (χ0v) is 14.2. The van der Waals surface area contributed by atoms with Crippen molar-refractivity contribution in [1.82, 2.24) is 15.2 Å². The van der Waals surface area contributed by atoms with E-state index in [1.807, 2.05) is 17.5 Å². The van der Waals surface area contributed by atoms with Crippen LogP contribution in [0.5, 0.6) is 0 Å². The van der Waals surface area contributed by atoms with E-state index >= 15 is 0 Å². The van der Waals surface area contributed by atoms with Crippen LogP contribution in [0.3, 0.4) is 0 Å². The van der Waals surface area contributed by atoms with Gasteiger partial charge in [0, 0.05) is 35.6 Å². The van der Waals surface area contributed by atoms with Gasteiger partial charge >= 0.3 is 0 Å². The van der Waals surface area contributed by atoms with E-state index in [0.29, 0.717) is 6.04 Å². The van der Waals surface area contributed by atoms with E-state index in [4.69, 9.17) is 0 Å². The number of hydrogen-bond acceptors (Lipinski definition) is 4. The molecule has 1 fully saturated rings. The monoisotopic (exact) mass is 295 g/mol. The predicted octanol–water partition coefficient (Wildman–Crippen LogP) is 3.40. The van der Waals surface area contributed by atoms with Crippen molar-refractivity contribution in [1.29, 1.82) is 0 Å². The van der Waals surface area contributed by atoms with Gasteiger partial charge in [-0.15, -0.1) is 11.3 Å². The minimum absolute atomic E-state index is 0.171. The van der Waals surface area contributed by atoms with Crippen molar-refractivity contribution in [2.24, 2.45) is 0 Å². The van der Waals surface area contributed by atoms with Crippen LogP contribution in [-0.4, -0.2) is 35.6 Å². The third-order valence-corrected chi connectivity index (χ3v) is 5.37. The Bertz CT molecular complexity index is 402. The van der Waals surface area contributed by atoms with E-state index in [1.165, 1.54) is 42.2 Å². The summed E-state index contributed by atoms with van der Waals surface area (Å²) in [4.78, 5) is 8.51. The molecule has 0 aromatic carbocycles. The number of likely N-dealkylation sites (tertiary alicyclic amines) is 1. The van der Waals surface area contributed by atoms with E-state index in [9.17, 15) is 0 Å². The first kappa shape index (κ1) is 15.9. The lowest BCUT2D eigenvalue weighted by Gasteiger charge is -2.32. The molecule has 1 aliphatic rings. The lowest BCUT2D eigenvalue weighted by molar-refractivity contribution is 0.171. The number of nitrogens with zero attached hydrogens (tertiary/aromatic N) is 2. The molecule has 0 bridgehead atoms. The van der Waals surface area contributed by atoms with E-state index in [2.05, 4.69) is 42.9 Å². The van der Waals surface area contributed by atoms with Gasteiger partial charge in [-0.2, -0.15) is 0 Å². The molecule has 1 aromatic heterocycles. The van der Waals surface area contributed by atoms with Crippen LogP contribution in [0, 0.1) is 0 Å². The van der Waals surface area contributed by atoms with Gasteiger partial charge in [-0.05, 0) is 32.9 Å². The minimum atomic E-state index is 0.171. The van der Waals surface area contributed by atoms with Crippen LogP contribution in [-0.2, 0) is 12.0 Å². The molecule has 1 aliphatic heterocycles. The first-order valence-electron chi connectivity index (χ1n) is 7.87. The second-order valence-corrected chi connectivity index (χ2v) is 8.07. The Morgan fingerprint density at radius 2 is 2.00 bits per heavy atom. The molecule has 0 amide bonds. The molecule has 1 saturated heterocycles. The van der Waals surface area contributed by atoms with Gasteiger partial charge < -0.3 is 5.32 Å². The van der Waals surface area contributed by atoms with Gasteiger partial charge in [-0.3, -0.25) is 4.90 Å². The predicted molar refractivity (Wildman–Crippen MR) is 87.4 cm³/mol. The Labute approximate surface area is 127 Å². The van der Waals surface area contributed by atoms with Gasteiger partial charge in [0.05, 0.1) is 5.01 Å². The number of nitrogens with one attached hydrogen (secondary N) is 1. The highest BCUT2D eigenvalue weighted by molar-refractivity contribution is 7.11.